The van der Waals surface area contributed by atoms with Crippen LogP contribution in [0.3, 0.4) is 0 Å². The summed E-state index contributed by atoms with van der Waals surface area (Å²) in [6.07, 6.45) is 2.15. The summed E-state index contributed by atoms with van der Waals surface area (Å²) in [6, 6.07) is 0. The molecule has 1 fully saturated rings. The lowest BCUT2D eigenvalue weighted by molar-refractivity contribution is 0.482. The van der Waals surface area contributed by atoms with E-state index in [9.17, 15) is 0 Å². The quantitative estimate of drug-likeness (QED) is 0.435. The molecule has 2 heteroatoms. The molecule has 0 aliphatic carbocycles. The van der Waals surface area contributed by atoms with E-state index in [4.69, 9.17) is 5.41 Å². The second-order valence-electron chi connectivity index (χ2n) is 3.14. The van der Waals surface area contributed by atoms with Crippen LogP contribution < -0.4 is 0 Å². The van der Waals surface area contributed by atoms with E-state index in [0.29, 0.717) is 0 Å². The molecule has 1 aliphatic rings. The van der Waals surface area contributed by atoms with Crippen LogP contribution >= 0.6 is 0 Å². The Balaban J connectivity index is 2.37. The summed E-state index contributed by atoms with van der Waals surface area (Å²) in [6.45, 7) is 6.51. The predicted molar refractivity (Wildman–Crippen MR) is 43.4 cm³/mol. The smallest absolute Gasteiger partial charge is 0.0954 e. The Hall–Kier alpha value is -0.530. The SMILES string of the molecule is CCC(=N)N1CCC(C)C1. The molecule has 0 aromatic rings. The Morgan fingerprint density at radius 2 is 2.40 bits per heavy atom. The van der Waals surface area contributed by atoms with Gasteiger partial charge in [-0.15, -0.1) is 0 Å². The highest BCUT2D eigenvalue weighted by molar-refractivity contribution is 5.78. The van der Waals surface area contributed by atoms with Crippen molar-refractivity contribution in [3.8, 4) is 0 Å². The third-order valence-electron chi connectivity index (χ3n) is 2.14. The van der Waals surface area contributed by atoms with E-state index in [1.54, 1.807) is 0 Å². The zero-order chi connectivity index (χ0) is 7.56. The van der Waals surface area contributed by atoms with Gasteiger partial charge in [0.15, 0.2) is 0 Å². The summed E-state index contributed by atoms with van der Waals surface area (Å²) >= 11 is 0. The molecule has 0 radical (unpaired) electrons. The lowest BCUT2D eigenvalue weighted by atomic mass is 10.2. The maximum absolute atomic E-state index is 7.55. The van der Waals surface area contributed by atoms with Gasteiger partial charge in [-0.25, -0.2) is 0 Å². The van der Waals surface area contributed by atoms with Crippen LogP contribution in [-0.2, 0) is 0 Å². The molecule has 0 spiro atoms. The first-order valence-corrected chi connectivity index (χ1v) is 4.06. The molecule has 1 atom stereocenters. The molecular weight excluding hydrogens is 124 g/mol. The average molecular weight is 140 g/mol. The maximum atomic E-state index is 7.55. The summed E-state index contributed by atoms with van der Waals surface area (Å²) in [5, 5.41) is 7.55. The number of nitrogens with one attached hydrogen (secondary N) is 1. The van der Waals surface area contributed by atoms with E-state index in [0.717, 1.165) is 31.3 Å². The van der Waals surface area contributed by atoms with Gasteiger partial charge in [-0.3, -0.25) is 5.41 Å². The first kappa shape index (κ1) is 7.58. The van der Waals surface area contributed by atoms with Crippen LogP contribution in [0.4, 0.5) is 0 Å². The van der Waals surface area contributed by atoms with Gasteiger partial charge in [-0.05, 0) is 12.3 Å². The number of rotatable bonds is 1. The van der Waals surface area contributed by atoms with Crippen LogP contribution in [0.2, 0.25) is 0 Å². The average Bonchev–Trinajstić information content (AvgIpc) is 2.34. The van der Waals surface area contributed by atoms with Gasteiger partial charge in [0.05, 0.1) is 5.84 Å². The van der Waals surface area contributed by atoms with Gasteiger partial charge in [-0.1, -0.05) is 13.8 Å². The number of hydrogen-bond donors (Lipinski definition) is 1. The van der Waals surface area contributed by atoms with E-state index in [1.807, 2.05) is 6.92 Å². The highest BCUT2D eigenvalue weighted by Crippen LogP contribution is 2.15. The Morgan fingerprint density at radius 3 is 2.80 bits per heavy atom. The van der Waals surface area contributed by atoms with E-state index in [2.05, 4.69) is 11.8 Å². The number of hydrogen-bond acceptors (Lipinski definition) is 1. The van der Waals surface area contributed by atoms with E-state index in [1.165, 1.54) is 6.42 Å². The monoisotopic (exact) mass is 140 g/mol. The minimum absolute atomic E-state index is 0.798. The number of nitrogens with zero attached hydrogens (tertiary/aromatic N) is 1. The minimum Gasteiger partial charge on any atom is -0.360 e. The van der Waals surface area contributed by atoms with Crippen molar-refractivity contribution in [1.82, 2.24) is 4.90 Å². The minimum atomic E-state index is 0.798. The number of likely N-dealkylation sites (tertiary alicyclic amines) is 1. The molecule has 1 aliphatic heterocycles. The second kappa shape index (κ2) is 3.04. The molecule has 10 heavy (non-hydrogen) atoms. The first-order valence-electron chi connectivity index (χ1n) is 4.06. The zero-order valence-corrected chi connectivity index (χ0v) is 6.85. The summed E-state index contributed by atoms with van der Waals surface area (Å²) in [5.41, 5.74) is 0. The van der Waals surface area contributed by atoms with Crippen LogP contribution in [0.25, 0.3) is 0 Å². The molecule has 0 amide bonds. The van der Waals surface area contributed by atoms with Crippen molar-refractivity contribution in [1.29, 1.82) is 5.41 Å². The Morgan fingerprint density at radius 1 is 1.70 bits per heavy atom. The van der Waals surface area contributed by atoms with Crippen LogP contribution in [0.1, 0.15) is 26.7 Å². The molecule has 0 aromatic carbocycles. The van der Waals surface area contributed by atoms with Gasteiger partial charge in [0.1, 0.15) is 0 Å². The molecule has 0 saturated carbocycles. The summed E-state index contributed by atoms with van der Waals surface area (Å²) in [7, 11) is 0. The van der Waals surface area contributed by atoms with E-state index in [-0.39, 0.29) is 0 Å². The van der Waals surface area contributed by atoms with Gasteiger partial charge in [-0.2, -0.15) is 0 Å². The van der Waals surface area contributed by atoms with Crippen LogP contribution in [0.15, 0.2) is 0 Å². The molecule has 0 bridgehead atoms. The molecule has 1 unspecified atom stereocenters. The molecule has 1 rings (SSSR count). The van der Waals surface area contributed by atoms with Crippen molar-refractivity contribution in [2.75, 3.05) is 13.1 Å². The van der Waals surface area contributed by atoms with Crippen LogP contribution in [-0.4, -0.2) is 23.8 Å². The summed E-state index contributed by atoms with van der Waals surface area (Å²) < 4.78 is 0. The van der Waals surface area contributed by atoms with Crippen molar-refractivity contribution in [2.45, 2.75) is 26.7 Å². The van der Waals surface area contributed by atoms with Crippen molar-refractivity contribution >= 4 is 5.84 Å². The third-order valence-corrected chi connectivity index (χ3v) is 2.14. The summed E-state index contributed by atoms with van der Waals surface area (Å²) in [4.78, 5) is 2.19. The van der Waals surface area contributed by atoms with Gasteiger partial charge in [0, 0.05) is 19.5 Å². The van der Waals surface area contributed by atoms with Gasteiger partial charge < -0.3 is 4.90 Å². The Bertz CT molecular complexity index is 131. The Labute approximate surface area is 62.7 Å². The molecule has 1 heterocycles. The molecule has 2 nitrogen and oxygen atoms in total. The normalized spacial score (nSPS) is 25.4. The predicted octanol–water partition coefficient (Wildman–Crippen LogP) is 1.72. The van der Waals surface area contributed by atoms with E-state index < -0.39 is 0 Å². The lowest BCUT2D eigenvalue weighted by Gasteiger charge is -2.17. The fraction of sp³-hybridized carbons (Fsp3) is 0.875. The standard InChI is InChI=1S/C8H16N2/c1-3-8(9)10-5-4-7(2)6-10/h7,9H,3-6H2,1-2H3. The fourth-order valence-corrected chi connectivity index (χ4v) is 1.40. The fourth-order valence-electron chi connectivity index (χ4n) is 1.40. The van der Waals surface area contributed by atoms with Crippen molar-refractivity contribution in [3.63, 3.8) is 0 Å². The third kappa shape index (κ3) is 1.49. The zero-order valence-electron chi connectivity index (χ0n) is 6.85. The highest BCUT2D eigenvalue weighted by atomic mass is 15.2. The van der Waals surface area contributed by atoms with Gasteiger partial charge in [0.25, 0.3) is 0 Å². The van der Waals surface area contributed by atoms with Gasteiger partial charge >= 0.3 is 0 Å². The largest absolute Gasteiger partial charge is 0.360 e. The topological polar surface area (TPSA) is 27.1 Å². The molecule has 58 valence electrons. The van der Waals surface area contributed by atoms with Crippen LogP contribution in [0, 0.1) is 11.3 Å². The van der Waals surface area contributed by atoms with Gasteiger partial charge in [0.2, 0.25) is 0 Å². The maximum Gasteiger partial charge on any atom is 0.0954 e. The molecule has 1 N–H and O–H groups in total. The highest BCUT2D eigenvalue weighted by Gasteiger charge is 2.19. The van der Waals surface area contributed by atoms with Crippen LogP contribution in [0.5, 0.6) is 0 Å². The molecule has 1 saturated heterocycles. The second-order valence-corrected chi connectivity index (χ2v) is 3.14. The van der Waals surface area contributed by atoms with Crippen molar-refractivity contribution in [2.24, 2.45) is 5.92 Å². The van der Waals surface area contributed by atoms with Crippen molar-refractivity contribution in [3.05, 3.63) is 0 Å². The first-order chi connectivity index (χ1) is 4.74. The molecular formula is C8H16N2. The number of amidine groups is 1. The lowest BCUT2D eigenvalue weighted by Crippen LogP contribution is -2.26. The Kier molecular flexibility index (Phi) is 2.30. The van der Waals surface area contributed by atoms with E-state index >= 15 is 0 Å². The molecule has 0 aromatic heterocycles. The summed E-state index contributed by atoms with van der Waals surface area (Å²) in [5.74, 6) is 1.61. The van der Waals surface area contributed by atoms with Crippen molar-refractivity contribution < 1.29 is 0 Å².